The molecule has 0 spiro atoms. The van der Waals surface area contributed by atoms with E-state index in [1.54, 1.807) is 0 Å². The molecule has 0 aliphatic carbocycles. The van der Waals surface area contributed by atoms with Crippen molar-refractivity contribution in [1.82, 2.24) is 4.57 Å². The highest BCUT2D eigenvalue weighted by Crippen LogP contribution is 2.28. The van der Waals surface area contributed by atoms with Gasteiger partial charge in [0, 0.05) is 28.7 Å². The number of aryl methyl sites for hydroxylation is 2. The summed E-state index contributed by atoms with van der Waals surface area (Å²) in [6, 6.07) is 5.90. The molecule has 0 saturated heterocycles. The molecule has 1 heterocycles. The molecule has 1 aromatic heterocycles. The van der Waals surface area contributed by atoms with Crippen LogP contribution in [0.3, 0.4) is 0 Å². The summed E-state index contributed by atoms with van der Waals surface area (Å²) < 4.78 is 69.3. The molecule has 3 rings (SSSR count). The fourth-order valence-corrected chi connectivity index (χ4v) is 3.16. The summed E-state index contributed by atoms with van der Waals surface area (Å²) >= 11 is 0. The standard InChI is InChI=1S/C20H18F5N3/c1-4-7-28-11(3)13(12-8-10(2)5-6-14(12)28)9-26-27-20-18(24)16(22)15(21)17(23)19(20)25/h5-6,8-9,27H,4,7H2,1-3H3/b26-9+. The third-order valence-electron chi connectivity index (χ3n) is 4.55. The van der Waals surface area contributed by atoms with Crippen molar-refractivity contribution in [2.45, 2.75) is 33.7 Å². The van der Waals surface area contributed by atoms with Gasteiger partial charge < -0.3 is 4.57 Å². The molecule has 28 heavy (non-hydrogen) atoms. The van der Waals surface area contributed by atoms with Crippen LogP contribution >= 0.6 is 0 Å². The van der Waals surface area contributed by atoms with Gasteiger partial charge in [-0.1, -0.05) is 18.6 Å². The van der Waals surface area contributed by atoms with Crippen molar-refractivity contribution in [3.63, 3.8) is 0 Å². The molecular weight excluding hydrogens is 377 g/mol. The fraction of sp³-hybridized carbons (Fsp3) is 0.250. The predicted molar refractivity (Wildman–Crippen MR) is 99.2 cm³/mol. The second kappa shape index (κ2) is 7.61. The van der Waals surface area contributed by atoms with E-state index >= 15 is 0 Å². The Hall–Kier alpha value is -2.90. The predicted octanol–water partition coefficient (Wildman–Crippen LogP) is 5.81. The maximum absolute atomic E-state index is 13.8. The van der Waals surface area contributed by atoms with E-state index in [-0.39, 0.29) is 0 Å². The molecule has 0 aliphatic heterocycles. The number of hydrazone groups is 1. The molecule has 0 saturated carbocycles. The fourth-order valence-electron chi connectivity index (χ4n) is 3.16. The van der Waals surface area contributed by atoms with Crippen molar-refractivity contribution in [3.05, 3.63) is 64.1 Å². The molecule has 0 bridgehead atoms. The van der Waals surface area contributed by atoms with Crippen molar-refractivity contribution in [2.75, 3.05) is 5.43 Å². The normalized spacial score (nSPS) is 11.7. The Balaban J connectivity index is 2.04. The first-order valence-corrected chi connectivity index (χ1v) is 8.67. The van der Waals surface area contributed by atoms with Gasteiger partial charge in [0.25, 0.3) is 0 Å². The van der Waals surface area contributed by atoms with Crippen LogP contribution in [-0.4, -0.2) is 10.8 Å². The van der Waals surface area contributed by atoms with Gasteiger partial charge in [-0.2, -0.15) is 5.10 Å². The van der Waals surface area contributed by atoms with Gasteiger partial charge in [-0.3, -0.25) is 5.43 Å². The topological polar surface area (TPSA) is 29.3 Å². The van der Waals surface area contributed by atoms with E-state index < -0.39 is 34.8 Å². The zero-order valence-electron chi connectivity index (χ0n) is 15.5. The quantitative estimate of drug-likeness (QED) is 0.191. The van der Waals surface area contributed by atoms with E-state index in [9.17, 15) is 22.0 Å². The van der Waals surface area contributed by atoms with Crippen LogP contribution in [0.4, 0.5) is 27.6 Å². The van der Waals surface area contributed by atoms with Crippen LogP contribution in [0.25, 0.3) is 10.9 Å². The number of halogens is 5. The van der Waals surface area contributed by atoms with Crippen molar-refractivity contribution < 1.29 is 22.0 Å². The number of hydrogen-bond donors (Lipinski definition) is 1. The molecule has 0 amide bonds. The average molecular weight is 395 g/mol. The molecule has 0 fully saturated rings. The summed E-state index contributed by atoms with van der Waals surface area (Å²) in [7, 11) is 0. The molecule has 0 aliphatic rings. The third kappa shape index (κ3) is 3.23. The van der Waals surface area contributed by atoms with E-state index in [2.05, 4.69) is 9.67 Å². The number of aromatic nitrogens is 1. The Kier molecular flexibility index (Phi) is 5.40. The second-order valence-corrected chi connectivity index (χ2v) is 6.49. The van der Waals surface area contributed by atoms with Gasteiger partial charge in [0.05, 0.1) is 6.21 Å². The van der Waals surface area contributed by atoms with Crippen LogP contribution < -0.4 is 5.43 Å². The van der Waals surface area contributed by atoms with Crippen molar-refractivity contribution in [1.29, 1.82) is 0 Å². The summed E-state index contributed by atoms with van der Waals surface area (Å²) in [6.07, 6.45) is 2.22. The van der Waals surface area contributed by atoms with Gasteiger partial charge in [-0.05, 0) is 32.4 Å². The smallest absolute Gasteiger partial charge is 0.200 e. The number of anilines is 1. The van der Waals surface area contributed by atoms with Gasteiger partial charge in [-0.15, -0.1) is 0 Å². The average Bonchev–Trinajstić information content (AvgIpc) is 2.92. The Morgan fingerprint density at radius 2 is 1.57 bits per heavy atom. The van der Waals surface area contributed by atoms with Gasteiger partial charge in [0.15, 0.2) is 23.3 Å². The summed E-state index contributed by atoms with van der Waals surface area (Å²) in [4.78, 5) is 0. The molecule has 148 valence electrons. The van der Waals surface area contributed by atoms with Gasteiger partial charge in [0.1, 0.15) is 5.69 Å². The lowest BCUT2D eigenvalue weighted by molar-refractivity contribution is 0.381. The molecule has 0 radical (unpaired) electrons. The van der Waals surface area contributed by atoms with Gasteiger partial charge in [-0.25, -0.2) is 22.0 Å². The number of fused-ring (bicyclic) bond motifs is 1. The van der Waals surface area contributed by atoms with Crippen LogP contribution in [0, 0.1) is 42.9 Å². The molecule has 3 nitrogen and oxygen atoms in total. The number of nitrogens with one attached hydrogen (secondary N) is 1. The van der Waals surface area contributed by atoms with E-state index in [1.165, 1.54) is 6.21 Å². The van der Waals surface area contributed by atoms with Crippen molar-refractivity contribution in [2.24, 2.45) is 5.10 Å². The lowest BCUT2D eigenvalue weighted by Crippen LogP contribution is -2.06. The maximum atomic E-state index is 13.8. The number of benzene rings is 2. The van der Waals surface area contributed by atoms with Crippen LogP contribution in [-0.2, 0) is 6.54 Å². The summed E-state index contributed by atoms with van der Waals surface area (Å²) in [5.74, 6) is -10.2. The highest BCUT2D eigenvalue weighted by atomic mass is 19.2. The summed E-state index contributed by atoms with van der Waals surface area (Å²) in [5.41, 5.74) is 4.32. The number of hydrogen-bond acceptors (Lipinski definition) is 2. The van der Waals surface area contributed by atoms with Crippen LogP contribution in [0.1, 0.15) is 30.2 Å². The van der Waals surface area contributed by atoms with Crippen molar-refractivity contribution >= 4 is 22.8 Å². The van der Waals surface area contributed by atoms with Gasteiger partial charge >= 0.3 is 0 Å². The zero-order chi connectivity index (χ0) is 20.6. The Labute approximate surface area is 158 Å². The molecule has 8 heteroatoms. The Bertz CT molecular complexity index is 1060. The van der Waals surface area contributed by atoms with Crippen LogP contribution in [0.15, 0.2) is 23.3 Å². The van der Waals surface area contributed by atoms with E-state index in [0.29, 0.717) is 5.56 Å². The zero-order valence-corrected chi connectivity index (χ0v) is 15.5. The lowest BCUT2D eigenvalue weighted by atomic mass is 10.1. The Morgan fingerprint density at radius 3 is 2.18 bits per heavy atom. The minimum absolute atomic E-state index is 0.698. The molecular formula is C20H18F5N3. The van der Waals surface area contributed by atoms with Crippen LogP contribution in [0.2, 0.25) is 0 Å². The first kappa shape index (κ1) is 19.9. The highest BCUT2D eigenvalue weighted by Gasteiger charge is 2.25. The number of rotatable bonds is 5. The van der Waals surface area contributed by atoms with Gasteiger partial charge in [0.2, 0.25) is 5.82 Å². The van der Waals surface area contributed by atoms with Crippen LogP contribution in [0.5, 0.6) is 0 Å². The second-order valence-electron chi connectivity index (χ2n) is 6.49. The Morgan fingerprint density at radius 1 is 0.964 bits per heavy atom. The number of nitrogens with zero attached hydrogens (tertiary/aromatic N) is 2. The minimum Gasteiger partial charge on any atom is -0.344 e. The molecule has 1 N–H and O–H groups in total. The third-order valence-corrected chi connectivity index (χ3v) is 4.55. The minimum atomic E-state index is -2.21. The summed E-state index contributed by atoms with van der Waals surface area (Å²) in [5, 5.41) is 4.62. The molecule has 0 atom stereocenters. The van der Waals surface area contributed by atoms with Crippen molar-refractivity contribution in [3.8, 4) is 0 Å². The largest absolute Gasteiger partial charge is 0.344 e. The summed E-state index contributed by atoms with van der Waals surface area (Å²) in [6.45, 7) is 6.62. The van der Waals surface area contributed by atoms with E-state index in [0.717, 1.165) is 35.1 Å². The SMILES string of the molecule is CCCn1c(C)c(/C=N/Nc2c(F)c(F)c(F)c(F)c2F)c2cc(C)ccc21. The monoisotopic (exact) mass is 395 g/mol. The first-order chi connectivity index (χ1) is 13.3. The highest BCUT2D eigenvalue weighted by molar-refractivity contribution is 6.01. The first-order valence-electron chi connectivity index (χ1n) is 8.67. The van der Waals surface area contributed by atoms with E-state index in [4.69, 9.17) is 0 Å². The lowest BCUT2D eigenvalue weighted by Gasteiger charge is -2.07. The maximum Gasteiger partial charge on any atom is 0.200 e. The molecule has 3 aromatic rings. The molecule has 0 unspecified atom stereocenters. The molecule has 2 aromatic carbocycles. The van der Waals surface area contributed by atoms with E-state index in [1.807, 2.05) is 44.4 Å².